The van der Waals surface area contributed by atoms with Crippen molar-refractivity contribution in [3.63, 3.8) is 0 Å². The fourth-order valence-corrected chi connectivity index (χ4v) is 5.33. The molecule has 7 heteroatoms. The number of thiophene rings is 1. The average Bonchev–Trinajstić information content (AvgIpc) is 3.06. The first-order chi connectivity index (χ1) is 14.0. The molecule has 0 radical (unpaired) electrons. The van der Waals surface area contributed by atoms with E-state index in [1.165, 1.54) is 16.2 Å². The fourth-order valence-electron chi connectivity index (χ4n) is 3.46. The molecular weight excluding hydrogens is 472 g/mol. The highest BCUT2D eigenvalue weighted by atomic mass is 79.9. The topological polar surface area (TPSA) is 58.2 Å². The predicted molar refractivity (Wildman–Crippen MR) is 122 cm³/mol. The number of benzene rings is 2. The molecule has 1 aliphatic carbocycles. The number of aryl methyl sites for hydroxylation is 1. The molecular formula is C22H18BrClN2O2S. The van der Waals surface area contributed by atoms with E-state index in [1.807, 2.05) is 24.3 Å². The Morgan fingerprint density at radius 2 is 1.76 bits per heavy atom. The van der Waals surface area contributed by atoms with Gasteiger partial charge in [0.15, 0.2) is 0 Å². The van der Waals surface area contributed by atoms with Crippen molar-refractivity contribution in [1.29, 1.82) is 0 Å². The van der Waals surface area contributed by atoms with E-state index >= 15 is 0 Å². The summed E-state index contributed by atoms with van der Waals surface area (Å²) in [5.41, 5.74) is 2.78. The van der Waals surface area contributed by atoms with Gasteiger partial charge in [0.2, 0.25) is 0 Å². The second-order valence-electron chi connectivity index (χ2n) is 6.84. The quantitative estimate of drug-likeness (QED) is 0.437. The Bertz CT molecular complexity index is 1100. The highest BCUT2D eigenvalue weighted by Crippen LogP contribution is 2.39. The number of carbonyl (C=O) groups excluding carboxylic acids is 2. The third-order valence-corrected chi connectivity index (χ3v) is 6.73. The van der Waals surface area contributed by atoms with Crippen LogP contribution in [0.25, 0.3) is 0 Å². The van der Waals surface area contributed by atoms with Gasteiger partial charge in [-0.2, -0.15) is 0 Å². The first kappa shape index (κ1) is 20.1. The van der Waals surface area contributed by atoms with Gasteiger partial charge in [-0.05, 0) is 67.6 Å². The lowest BCUT2D eigenvalue weighted by Gasteiger charge is -2.13. The fraction of sp³-hybridized carbons (Fsp3) is 0.182. The monoisotopic (exact) mass is 488 g/mol. The number of anilines is 2. The van der Waals surface area contributed by atoms with Crippen molar-refractivity contribution in [1.82, 2.24) is 0 Å². The van der Waals surface area contributed by atoms with Crippen LogP contribution in [0.5, 0.6) is 0 Å². The van der Waals surface area contributed by atoms with Gasteiger partial charge in [0.1, 0.15) is 5.00 Å². The van der Waals surface area contributed by atoms with Crippen LogP contribution in [0.3, 0.4) is 0 Å². The normalized spacial score (nSPS) is 12.9. The van der Waals surface area contributed by atoms with Crippen molar-refractivity contribution in [3.8, 4) is 0 Å². The van der Waals surface area contributed by atoms with Gasteiger partial charge >= 0.3 is 0 Å². The summed E-state index contributed by atoms with van der Waals surface area (Å²) in [6, 6.07) is 14.2. The van der Waals surface area contributed by atoms with Crippen LogP contribution in [-0.4, -0.2) is 11.8 Å². The maximum absolute atomic E-state index is 13.2. The van der Waals surface area contributed by atoms with Gasteiger partial charge in [0.25, 0.3) is 11.8 Å². The van der Waals surface area contributed by atoms with Crippen molar-refractivity contribution >= 4 is 61.4 Å². The Kier molecular flexibility index (Phi) is 6.04. The third kappa shape index (κ3) is 4.55. The zero-order valence-corrected chi connectivity index (χ0v) is 18.6. The van der Waals surface area contributed by atoms with Crippen molar-refractivity contribution in [3.05, 3.63) is 79.6 Å². The number of fused-ring (bicyclic) bond motifs is 1. The molecule has 0 saturated carbocycles. The van der Waals surface area contributed by atoms with E-state index in [1.54, 1.807) is 24.3 Å². The number of amides is 2. The average molecular weight is 490 g/mol. The summed E-state index contributed by atoms with van der Waals surface area (Å²) in [5.74, 6) is -0.480. The summed E-state index contributed by atoms with van der Waals surface area (Å²) < 4.78 is 0.886. The first-order valence-corrected chi connectivity index (χ1v) is 11.3. The first-order valence-electron chi connectivity index (χ1n) is 9.29. The Morgan fingerprint density at radius 1 is 0.966 bits per heavy atom. The van der Waals surface area contributed by atoms with Crippen molar-refractivity contribution in [2.45, 2.75) is 25.7 Å². The lowest BCUT2D eigenvalue weighted by molar-refractivity contribution is 0.102. The molecule has 0 saturated heterocycles. The predicted octanol–water partition coefficient (Wildman–Crippen LogP) is 6.55. The van der Waals surface area contributed by atoms with Gasteiger partial charge in [-0.1, -0.05) is 39.7 Å². The van der Waals surface area contributed by atoms with Crippen molar-refractivity contribution in [2.75, 3.05) is 10.6 Å². The van der Waals surface area contributed by atoms with Gasteiger partial charge in [0, 0.05) is 25.6 Å². The molecule has 1 heterocycles. The molecule has 3 aromatic rings. The maximum atomic E-state index is 13.2. The van der Waals surface area contributed by atoms with Gasteiger partial charge < -0.3 is 10.6 Å². The molecule has 4 rings (SSSR count). The van der Waals surface area contributed by atoms with Crippen molar-refractivity contribution < 1.29 is 9.59 Å². The summed E-state index contributed by atoms with van der Waals surface area (Å²) in [5, 5.41) is 6.99. The standard InChI is InChI=1S/C22H18BrClN2O2S/c23-14-6-4-8-16(12-14)25-21(28)19-17-9-1-2-10-18(17)29-22(19)26-20(27)13-5-3-7-15(24)11-13/h3-8,11-12H,1-2,9-10H2,(H,25,28)(H,26,27). The molecule has 4 nitrogen and oxygen atoms in total. The molecule has 0 fully saturated rings. The van der Waals surface area contributed by atoms with E-state index in [4.69, 9.17) is 11.6 Å². The van der Waals surface area contributed by atoms with Crippen LogP contribution in [0, 0.1) is 0 Å². The second kappa shape index (κ2) is 8.69. The van der Waals surface area contributed by atoms with Crippen LogP contribution < -0.4 is 10.6 Å². The van der Waals surface area contributed by atoms with E-state index in [2.05, 4.69) is 26.6 Å². The SMILES string of the molecule is O=C(Nc1sc2c(c1C(=O)Nc1cccc(Br)c1)CCCC2)c1cccc(Cl)c1. The number of carbonyl (C=O) groups is 2. The van der Waals surface area contributed by atoms with Crippen LogP contribution in [0.15, 0.2) is 53.0 Å². The lowest BCUT2D eigenvalue weighted by atomic mass is 9.95. The molecule has 0 spiro atoms. The third-order valence-electron chi connectivity index (χ3n) is 4.79. The minimum Gasteiger partial charge on any atom is -0.322 e. The summed E-state index contributed by atoms with van der Waals surface area (Å²) in [6.45, 7) is 0. The van der Waals surface area contributed by atoms with Crippen molar-refractivity contribution in [2.24, 2.45) is 0 Å². The maximum Gasteiger partial charge on any atom is 0.258 e. The summed E-state index contributed by atoms with van der Waals surface area (Å²) in [4.78, 5) is 27.1. The van der Waals surface area contributed by atoms with Crippen LogP contribution in [0.4, 0.5) is 10.7 Å². The van der Waals surface area contributed by atoms with Crippen LogP contribution in [0.2, 0.25) is 5.02 Å². The molecule has 2 aromatic carbocycles. The number of hydrogen-bond donors (Lipinski definition) is 2. The molecule has 29 heavy (non-hydrogen) atoms. The molecule has 1 aliphatic rings. The van der Waals surface area contributed by atoms with Gasteiger partial charge in [-0.15, -0.1) is 11.3 Å². The van der Waals surface area contributed by atoms with Crippen LogP contribution in [-0.2, 0) is 12.8 Å². The molecule has 0 bridgehead atoms. The van der Waals surface area contributed by atoms with E-state index in [9.17, 15) is 9.59 Å². The minimum absolute atomic E-state index is 0.205. The Hall–Kier alpha value is -2.15. The number of hydrogen-bond acceptors (Lipinski definition) is 3. The Morgan fingerprint density at radius 3 is 2.55 bits per heavy atom. The summed E-state index contributed by atoms with van der Waals surface area (Å²) in [6.07, 6.45) is 3.93. The Balaban J connectivity index is 1.66. The molecule has 2 N–H and O–H groups in total. The summed E-state index contributed by atoms with van der Waals surface area (Å²) in [7, 11) is 0. The zero-order chi connectivity index (χ0) is 20.4. The number of halogens is 2. The molecule has 0 atom stereocenters. The van der Waals surface area contributed by atoms with E-state index in [-0.39, 0.29) is 11.8 Å². The number of nitrogens with one attached hydrogen (secondary N) is 2. The smallest absolute Gasteiger partial charge is 0.258 e. The molecule has 0 aliphatic heterocycles. The summed E-state index contributed by atoms with van der Waals surface area (Å²) >= 11 is 10.9. The molecule has 0 unspecified atom stereocenters. The number of rotatable bonds is 4. The minimum atomic E-state index is -0.275. The van der Waals surface area contributed by atoms with Gasteiger partial charge in [0.05, 0.1) is 5.56 Å². The van der Waals surface area contributed by atoms with Gasteiger partial charge in [-0.3, -0.25) is 9.59 Å². The second-order valence-corrected chi connectivity index (χ2v) is 9.30. The van der Waals surface area contributed by atoms with E-state index in [0.717, 1.165) is 35.7 Å². The van der Waals surface area contributed by atoms with Crippen LogP contribution in [0.1, 0.15) is 44.0 Å². The Labute approximate surface area is 186 Å². The van der Waals surface area contributed by atoms with Crippen LogP contribution >= 0.6 is 38.9 Å². The largest absolute Gasteiger partial charge is 0.322 e. The molecule has 2 amide bonds. The van der Waals surface area contributed by atoms with Gasteiger partial charge in [-0.25, -0.2) is 0 Å². The zero-order valence-electron chi connectivity index (χ0n) is 15.4. The molecule has 148 valence electrons. The lowest BCUT2D eigenvalue weighted by Crippen LogP contribution is -2.18. The van der Waals surface area contributed by atoms with E-state index < -0.39 is 0 Å². The highest BCUT2D eigenvalue weighted by molar-refractivity contribution is 9.10. The van der Waals surface area contributed by atoms with E-state index in [0.29, 0.717) is 26.8 Å². The highest BCUT2D eigenvalue weighted by Gasteiger charge is 2.26. The molecule has 1 aromatic heterocycles.